The Morgan fingerprint density at radius 2 is 2.03 bits per heavy atom. The molecule has 1 amide bonds. The number of hydrogen-bond acceptors (Lipinski definition) is 8. The molecule has 1 aliphatic rings. The highest BCUT2D eigenvalue weighted by Gasteiger charge is 2.16. The molecule has 0 spiro atoms. The summed E-state index contributed by atoms with van der Waals surface area (Å²) in [6.45, 7) is 6.35. The number of morpholine rings is 1. The minimum absolute atomic E-state index is 0.293. The van der Waals surface area contributed by atoms with E-state index < -0.39 is 0 Å². The van der Waals surface area contributed by atoms with Crippen molar-refractivity contribution in [1.82, 2.24) is 25.1 Å². The fourth-order valence-corrected chi connectivity index (χ4v) is 4.47. The molecule has 0 aliphatic carbocycles. The van der Waals surface area contributed by atoms with Gasteiger partial charge in [-0.2, -0.15) is 5.10 Å². The number of H-pyrrole nitrogens is 1. The average Bonchev–Trinajstić information content (AvgIpc) is 3.42. The van der Waals surface area contributed by atoms with Crippen molar-refractivity contribution in [1.29, 1.82) is 0 Å². The number of fused-ring (bicyclic) bond motifs is 1. The van der Waals surface area contributed by atoms with Crippen molar-refractivity contribution < 1.29 is 9.53 Å². The van der Waals surface area contributed by atoms with Gasteiger partial charge in [0.2, 0.25) is 5.95 Å². The van der Waals surface area contributed by atoms with E-state index in [1.54, 1.807) is 23.7 Å². The maximum Gasteiger partial charge on any atom is 0.275 e. The number of thiophene rings is 1. The Labute approximate surface area is 188 Å². The minimum Gasteiger partial charge on any atom is -0.379 e. The van der Waals surface area contributed by atoms with Crippen molar-refractivity contribution in [2.45, 2.75) is 13.5 Å². The summed E-state index contributed by atoms with van der Waals surface area (Å²) in [6, 6.07) is 7.88. The van der Waals surface area contributed by atoms with E-state index in [4.69, 9.17) is 4.74 Å². The number of amides is 1. The Kier molecular flexibility index (Phi) is 5.80. The van der Waals surface area contributed by atoms with Gasteiger partial charge < -0.3 is 15.4 Å². The van der Waals surface area contributed by atoms with Gasteiger partial charge in [-0.1, -0.05) is 12.1 Å². The lowest BCUT2D eigenvalue weighted by Gasteiger charge is -2.26. The Hall–Kier alpha value is -3.34. The Morgan fingerprint density at radius 1 is 1.22 bits per heavy atom. The molecule has 10 heteroatoms. The van der Waals surface area contributed by atoms with Crippen molar-refractivity contribution in [2.75, 3.05) is 36.9 Å². The molecule has 4 heterocycles. The second kappa shape index (κ2) is 9.03. The largest absolute Gasteiger partial charge is 0.379 e. The Morgan fingerprint density at radius 3 is 2.84 bits per heavy atom. The lowest BCUT2D eigenvalue weighted by atomic mass is 10.2. The van der Waals surface area contributed by atoms with Crippen LogP contribution in [0.2, 0.25) is 0 Å². The van der Waals surface area contributed by atoms with Crippen LogP contribution in [-0.2, 0) is 11.3 Å². The van der Waals surface area contributed by atoms with E-state index in [0.717, 1.165) is 48.6 Å². The molecule has 1 aliphatic heterocycles. The van der Waals surface area contributed by atoms with Gasteiger partial charge in [-0.05, 0) is 35.6 Å². The molecule has 32 heavy (non-hydrogen) atoms. The summed E-state index contributed by atoms with van der Waals surface area (Å²) in [5.41, 5.74) is 3.89. The second-order valence-corrected chi connectivity index (χ2v) is 8.51. The number of aryl methyl sites for hydroxylation is 1. The summed E-state index contributed by atoms with van der Waals surface area (Å²) < 4.78 is 5.39. The average molecular weight is 450 g/mol. The van der Waals surface area contributed by atoms with Crippen LogP contribution >= 0.6 is 11.3 Å². The monoisotopic (exact) mass is 449 g/mol. The zero-order chi connectivity index (χ0) is 21.9. The molecule has 1 aromatic carbocycles. The summed E-state index contributed by atoms with van der Waals surface area (Å²) in [7, 11) is 0. The SMILES string of the molecule is Cc1csc2nc(Nc3cn[nH]c3C(=O)Nc3ccc(CN4CCOCC4)cc3)ncc12. The molecule has 1 saturated heterocycles. The highest BCUT2D eigenvalue weighted by Crippen LogP contribution is 2.25. The number of rotatable bonds is 6. The standard InChI is InChI=1S/C22H23N7O2S/c1-14-13-32-21-17(14)10-23-22(27-21)26-18-11-24-28-19(18)20(30)25-16-4-2-15(3-5-16)12-29-6-8-31-9-7-29/h2-5,10-11,13H,6-9,12H2,1H3,(H,24,28)(H,25,30)(H,23,26,27). The van der Waals surface area contributed by atoms with E-state index in [9.17, 15) is 4.79 Å². The lowest BCUT2D eigenvalue weighted by molar-refractivity contribution is 0.0342. The maximum absolute atomic E-state index is 12.8. The topological polar surface area (TPSA) is 108 Å². The van der Waals surface area contributed by atoms with Gasteiger partial charge in [0.1, 0.15) is 10.5 Å². The number of carbonyl (C=O) groups is 1. The van der Waals surface area contributed by atoms with Crippen LogP contribution in [0.5, 0.6) is 0 Å². The lowest BCUT2D eigenvalue weighted by Crippen LogP contribution is -2.35. The van der Waals surface area contributed by atoms with Crippen molar-refractivity contribution >= 4 is 44.8 Å². The zero-order valence-electron chi connectivity index (χ0n) is 17.6. The third-order valence-corrected chi connectivity index (χ3v) is 6.37. The molecule has 0 saturated carbocycles. The molecular weight excluding hydrogens is 426 g/mol. The van der Waals surface area contributed by atoms with Gasteiger partial charge in [-0.3, -0.25) is 14.8 Å². The molecule has 0 atom stereocenters. The van der Waals surface area contributed by atoms with Gasteiger partial charge in [-0.15, -0.1) is 11.3 Å². The summed E-state index contributed by atoms with van der Waals surface area (Å²) in [5.74, 6) is 0.126. The highest BCUT2D eigenvalue weighted by molar-refractivity contribution is 7.16. The van der Waals surface area contributed by atoms with E-state index in [2.05, 4.69) is 35.7 Å². The van der Waals surface area contributed by atoms with E-state index in [-0.39, 0.29) is 5.91 Å². The van der Waals surface area contributed by atoms with E-state index in [1.165, 1.54) is 5.56 Å². The number of aromatic nitrogens is 4. The summed E-state index contributed by atoms with van der Waals surface area (Å²) in [5, 5.41) is 15.8. The van der Waals surface area contributed by atoms with Gasteiger partial charge in [0.15, 0.2) is 0 Å². The van der Waals surface area contributed by atoms with Crippen molar-refractivity contribution in [3.05, 3.63) is 58.9 Å². The quantitative estimate of drug-likeness (QED) is 0.413. The molecular formula is C22H23N7O2S. The second-order valence-electron chi connectivity index (χ2n) is 7.65. The van der Waals surface area contributed by atoms with Gasteiger partial charge in [0.05, 0.1) is 25.1 Å². The van der Waals surface area contributed by atoms with Gasteiger partial charge in [-0.25, -0.2) is 9.97 Å². The van der Waals surface area contributed by atoms with Crippen molar-refractivity contribution in [2.24, 2.45) is 0 Å². The Balaban J connectivity index is 1.24. The number of carbonyl (C=O) groups excluding carboxylic acids is 1. The fourth-order valence-electron chi connectivity index (χ4n) is 3.57. The predicted molar refractivity (Wildman–Crippen MR) is 125 cm³/mol. The first-order valence-electron chi connectivity index (χ1n) is 10.4. The summed E-state index contributed by atoms with van der Waals surface area (Å²) >= 11 is 1.56. The van der Waals surface area contributed by atoms with Crippen LogP contribution in [0.3, 0.4) is 0 Å². The third-order valence-electron chi connectivity index (χ3n) is 5.36. The number of benzene rings is 1. The molecule has 9 nitrogen and oxygen atoms in total. The molecule has 3 N–H and O–H groups in total. The minimum atomic E-state index is -0.293. The third kappa shape index (κ3) is 4.47. The summed E-state index contributed by atoms with van der Waals surface area (Å²) in [6.07, 6.45) is 3.34. The highest BCUT2D eigenvalue weighted by atomic mass is 32.1. The van der Waals surface area contributed by atoms with E-state index >= 15 is 0 Å². The number of ether oxygens (including phenoxy) is 1. The number of aromatic amines is 1. The van der Waals surface area contributed by atoms with Crippen LogP contribution < -0.4 is 10.6 Å². The van der Waals surface area contributed by atoms with Crippen LogP contribution in [0.1, 0.15) is 21.6 Å². The van der Waals surface area contributed by atoms with Crippen molar-refractivity contribution in [3.8, 4) is 0 Å². The number of nitrogens with one attached hydrogen (secondary N) is 3. The van der Waals surface area contributed by atoms with Crippen LogP contribution in [0.25, 0.3) is 10.2 Å². The van der Waals surface area contributed by atoms with Gasteiger partial charge >= 0.3 is 0 Å². The van der Waals surface area contributed by atoms with E-state index in [0.29, 0.717) is 23.0 Å². The smallest absolute Gasteiger partial charge is 0.275 e. The van der Waals surface area contributed by atoms with Crippen LogP contribution in [0.15, 0.2) is 42.0 Å². The number of hydrogen-bond donors (Lipinski definition) is 3. The number of anilines is 3. The number of nitrogens with zero attached hydrogens (tertiary/aromatic N) is 4. The molecule has 164 valence electrons. The van der Waals surface area contributed by atoms with Crippen LogP contribution in [0, 0.1) is 6.92 Å². The van der Waals surface area contributed by atoms with Crippen LogP contribution in [-0.4, -0.2) is 57.3 Å². The molecule has 0 bridgehead atoms. The molecule has 0 unspecified atom stereocenters. The van der Waals surface area contributed by atoms with Crippen molar-refractivity contribution in [3.63, 3.8) is 0 Å². The first-order valence-corrected chi connectivity index (χ1v) is 11.3. The predicted octanol–water partition coefficient (Wildman–Crippen LogP) is 3.55. The maximum atomic E-state index is 12.8. The van der Waals surface area contributed by atoms with E-state index in [1.807, 2.05) is 36.6 Å². The van der Waals surface area contributed by atoms with Crippen LogP contribution in [0.4, 0.5) is 17.3 Å². The summed E-state index contributed by atoms with van der Waals surface area (Å²) in [4.78, 5) is 25.0. The van der Waals surface area contributed by atoms with Gasteiger partial charge in [0.25, 0.3) is 5.91 Å². The normalized spacial score (nSPS) is 14.5. The molecule has 1 fully saturated rings. The first-order chi connectivity index (χ1) is 15.7. The molecule has 5 rings (SSSR count). The molecule has 4 aromatic rings. The zero-order valence-corrected chi connectivity index (χ0v) is 18.4. The van der Waals surface area contributed by atoms with Gasteiger partial charge in [0, 0.05) is 36.9 Å². The fraction of sp³-hybridized carbons (Fsp3) is 0.273. The molecule has 3 aromatic heterocycles. The molecule has 0 radical (unpaired) electrons. The first kappa shape index (κ1) is 20.6. The Bertz CT molecular complexity index is 1230.